The average Bonchev–Trinajstić information content (AvgIpc) is 3.04. The van der Waals surface area contributed by atoms with Gasteiger partial charge in [0.2, 0.25) is 5.88 Å². The predicted molar refractivity (Wildman–Crippen MR) is 91.9 cm³/mol. The number of anilines is 1. The first kappa shape index (κ1) is 16.0. The van der Waals surface area contributed by atoms with Gasteiger partial charge in [-0.25, -0.2) is 9.67 Å². The number of nitrogens with zero attached hydrogens (tertiary/aromatic N) is 3. The molecule has 3 rings (SSSR count). The third-order valence-corrected chi connectivity index (χ3v) is 3.55. The molecule has 0 atom stereocenters. The fraction of sp³-hybridized carbons (Fsp3) is 0.118. The standard InChI is InChI=1S/C17H15ClN4O2/c1-2-24-16-9-12(7-8-19-16)17(23)21-13-10-20-22(11-13)15-6-4-3-5-14(15)18/h3-11H,2H2,1H3,(H,21,23). The van der Waals surface area contributed by atoms with Gasteiger partial charge >= 0.3 is 0 Å². The fourth-order valence-corrected chi connectivity index (χ4v) is 2.36. The summed E-state index contributed by atoms with van der Waals surface area (Å²) in [6, 6.07) is 10.6. The van der Waals surface area contributed by atoms with Crippen LogP contribution < -0.4 is 10.1 Å². The van der Waals surface area contributed by atoms with Crippen molar-refractivity contribution < 1.29 is 9.53 Å². The lowest BCUT2D eigenvalue weighted by molar-refractivity contribution is 0.102. The first-order valence-electron chi connectivity index (χ1n) is 7.37. The number of ether oxygens (including phenoxy) is 1. The van der Waals surface area contributed by atoms with Gasteiger partial charge in [0.1, 0.15) is 0 Å². The molecule has 1 N–H and O–H groups in total. The average molecular weight is 343 g/mol. The minimum atomic E-state index is -0.267. The SMILES string of the molecule is CCOc1cc(C(=O)Nc2cnn(-c3ccccc3Cl)c2)ccn1. The molecule has 1 aromatic carbocycles. The summed E-state index contributed by atoms with van der Waals surface area (Å²) in [5, 5.41) is 7.59. The van der Waals surface area contributed by atoms with Crippen LogP contribution in [0.2, 0.25) is 5.02 Å². The van der Waals surface area contributed by atoms with Crippen molar-refractivity contribution in [3.05, 3.63) is 65.6 Å². The van der Waals surface area contributed by atoms with Gasteiger partial charge < -0.3 is 10.1 Å². The van der Waals surface area contributed by atoms with Gasteiger partial charge in [-0.15, -0.1) is 0 Å². The summed E-state index contributed by atoms with van der Waals surface area (Å²) in [4.78, 5) is 16.4. The first-order chi connectivity index (χ1) is 11.7. The van der Waals surface area contributed by atoms with E-state index in [0.29, 0.717) is 28.8 Å². The highest BCUT2D eigenvalue weighted by Gasteiger charge is 2.10. The van der Waals surface area contributed by atoms with E-state index in [1.54, 1.807) is 35.3 Å². The molecule has 2 heterocycles. The van der Waals surface area contributed by atoms with E-state index in [9.17, 15) is 4.79 Å². The molecular weight excluding hydrogens is 328 g/mol. The molecule has 0 radical (unpaired) electrons. The Balaban J connectivity index is 1.76. The van der Waals surface area contributed by atoms with Crippen LogP contribution in [0, 0.1) is 0 Å². The molecule has 2 aromatic heterocycles. The molecule has 0 fully saturated rings. The van der Waals surface area contributed by atoms with Crippen LogP contribution in [-0.2, 0) is 0 Å². The number of carbonyl (C=O) groups excluding carboxylic acids is 1. The van der Waals surface area contributed by atoms with Gasteiger partial charge in [0, 0.05) is 17.8 Å². The van der Waals surface area contributed by atoms with Crippen LogP contribution in [0.1, 0.15) is 17.3 Å². The largest absolute Gasteiger partial charge is 0.478 e. The van der Waals surface area contributed by atoms with E-state index < -0.39 is 0 Å². The minimum Gasteiger partial charge on any atom is -0.478 e. The Hall–Kier alpha value is -2.86. The van der Waals surface area contributed by atoms with Crippen LogP contribution in [0.25, 0.3) is 5.69 Å². The van der Waals surface area contributed by atoms with Gasteiger partial charge in [-0.05, 0) is 25.1 Å². The van der Waals surface area contributed by atoms with Gasteiger partial charge in [0.15, 0.2) is 0 Å². The van der Waals surface area contributed by atoms with Gasteiger partial charge in [-0.3, -0.25) is 4.79 Å². The van der Waals surface area contributed by atoms with Gasteiger partial charge in [-0.2, -0.15) is 5.10 Å². The van der Waals surface area contributed by atoms with Crippen molar-refractivity contribution in [1.82, 2.24) is 14.8 Å². The highest BCUT2D eigenvalue weighted by molar-refractivity contribution is 6.32. The Morgan fingerprint density at radius 2 is 2.17 bits per heavy atom. The lowest BCUT2D eigenvalue weighted by Crippen LogP contribution is -2.12. The van der Waals surface area contributed by atoms with Crippen LogP contribution in [0.4, 0.5) is 5.69 Å². The van der Waals surface area contributed by atoms with E-state index in [4.69, 9.17) is 16.3 Å². The number of pyridine rings is 1. The van der Waals surface area contributed by atoms with Crippen molar-refractivity contribution in [2.75, 3.05) is 11.9 Å². The highest BCUT2D eigenvalue weighted by atomic mass is 35.5. The van der Waals surface area contributed by atoms with Crippen LogP contribution in [0.15, 0.2) is 55.0 Å². The Bertz CT molecular complexity index is 863. The highest BCUT2D eigenvalue weighted by Crippen LogP contribution is 2.21. The number of para-hydroxylation sites is 1. The third kappa shape index (κ3) is 3.55. The Kier molecular flexibility index (Phi) is 4.77. The summed E-state index contributed by atoms with van der Waals surface area (Å²) in [5.41, 5.74) is 1.76. The molecule has 6 nitrogen and oxygen atoms in total. The summed E-state index contributed by atoms with van der Waals surface area (Å²) >= 11 is 6.15. The fourth-order valence-electron chi connectivity index (χ4n) is 2.14. The lowest BCUT2D eigenvalue weighted by Gasteiger charge is -2.05. The molecule has 0 aliphatic heterocycles. The molecule has 0 saturated carbocycles. The van der Waals surface area contributed by atoms with E-state index >= 15 is 0 Å². The van der Waals surface area contributed by atoms with Gasteiger partial charge in [-0.1, -0.05) is 23.7 Å². The molecule has 0 unspecified atom stereocenters. The number of nitrogens with one attached hydrogen (secondary N) is 1. The van der Waals surface area contributed by atoms with Crippen LogP contribution in [-0.4, -0.2) is 27.3 Å². The summed E-state index contributed by atoms with van der Waals surface area (Å²) in [5.74, 6) is 0.147. The second kappa shape index (κ2) is 7.14. The summed E-state index contributed by atoms with van der Waals surface area (Å²) in [6.07, 6.45) is 4.79. The zero-order valence-corrected chi connectivity index (χ0v) is 13.7. The van der Waals surface area contributed by atoms with E-state index in [1.165, 1.54) is 6.20 Å². The van der Waals surface area contributed by atoms with Crippen molar-refractivity contribution in [2.45, 2.75) is 6.92 Å². The Morgan fingerprint density at radius 1 is 1.33 bits per heavy atom. The van der Waals surface area contributed by atoms with Crippen molar-refractivity contribution in [3.8, 4) is 11.6 Å². The molecule has 0 aliphatic carbocycles. The minimum absolute atomic E-state index is 0.267. The number of hydrogen-bond acceptors (Lipinski definition) is 4. The molecule has 0 saturated heterocycles. The number of hydrogen-bond donors (Lipinski definition) is 1. The maximum atomic E-state index is 12.3. The number of aromatic nitrogens is 3. The van der Waals surface area contributed by atoms with Crippen LogP contribution in [0.5, 0.6) is 5.88 Å². The van der Waals surface area contributed by atoms with Crippen LogP contribution in [0.3, 0.4) is 0 Å². The van der Waals surface area contributed by atoms with E-state index in [-0.39, 0.29) is 5.91 Å². The number of halogens is 1. The van der Waals surface area contributed by atoms with E-state index in [2.05, 4.69) is 15.4 Å². The number of carbonyl (C=O) groups is 1. The maximum Gasteiger partial charge on any atom is 0.256 e. The number of amides is 1. The number of benzene rings is 1. The third-order valence-electron chi connectivity index (χ3n) is 3.23. The smallest absolute Gasteiger partial charge is 0.256 e. The normalized spacial score (nSPS) is 10.4. The second-order valence-corrected chi connectivity index (χ2v) is 5.30. The molecule has 7 heteroatoms. The lowest BCUT2D eigenvalue weighted by atomic mass is 10.2. The quantitative estimate of drug-likeness (QED) is 0.769. The topological polar surface area (TPSA) is 69.0 Å². The molecule has 3 aromatic rings. The first-order valence-corrected chi connectivity index (χ1v) is 7.75. The Labute approximate surface area is 144 Å². The summed E-state index contributed by atoms with van der Waals surface area (Å²) in [7, 11) is 0. The maximum absolute atomic E-state index is 12.3. The molecule has 122 valence electrons. The van der Waals surface area contributed by atoms with E-state index in [0.717, 1.165) is 5.69 Å². The summed E-state index contributed by atoms with van der Waals surface area (Å²) < 4.78 is 6.91. The molecule has 1 amide bonds. The zero-order chi connectivity index (χ0) is 16.9. The van der Waals surface area contributed by atoms with Gasteiger partial charge in [0.25, 0.3) is 5.91 Å². The Morgan fingerprint density at radius 3 is 2.96 bits per heavy atom. The summed E-state index contributed by atoms with van der Waals surface area (Å²) in [6.45, 7) is 2.35. The molecule has 0 spiro atoms. The molecule has 0 bridgehead atoms. The van der Waals surface area contributed by atoms with E-state index in [1.807, 2.05) is 25.1 Å². The number of rotatable bonds is 5. The molecule has 24 heavy (non-hydrogen) atoms. The second-order valence-electron chi connectivity index (χ2n) is 4.89. The van der Waals surface area contributed by atoms with Crippen molar-refractivity contribution in [3.63, 3.8) is 0 Å². The van der Waals surface area contributed by atoms with Crippen molar-refractivity contribution in [2.24, 2.45) is 0 Å². The van der Waals surface area contributed by atoms with Crippen molar-refractivity contribution >= 4 is 23.2 Å². The van der Waals surface area contributed by atoms with Crippen molar-refractivity contribution in [1.29, 1.82) is 0 Å². The van der Waals surface area contributed by atoms with Crippen LogP contribution >= 0.6 is 11.6 Å². The zero-order valence-electron chi connectivity index (χ0n) is 12.9. The predicted octanol–water partition coefficient (Wildman–Crippen LogP) is 3.57. The van der Waals surface area contributed by atoms with Gasteiger partial charge in [0.05, 0.1) is 35.4 Å². The molecular formula is C17H15ClN4O2. The monoisotopic (exact) mass is 342 g/mol. The molecule has 0 aliphatic rings.